The first-order valence-electron chi connectivity index (χ1n) is 5.83. The minimum atomic E-state index is -3.40. The second-order valence-electron chi connectivity index (χ2n) is 4.64. The van der Waals surface area contributed by atoms with Gasteiger partial charge in [0.25, 0.3) is 10.0 Å². The minimum absolute atomic E-state index is 0.312. The SMILES string of the molecule is O=S(=O)(NC1(CBr)CCCCC1)c1ccc(Br)s1. The summed E-state index contributed by atoms with van der Waals surface area (Å²) in [5, 5.41) is 0.672. The molecule has 3 nitrogen and oxygen atoms in total. The number of hydrogen-bond donors (Lipinski definition) is 1. The molecule has 1 aliphatic rings. The summed E-state index contributed by atoms with van der Waals surface area (Å²) < 4.78 is 28.8. The zero-order chi connectivity index (χ0) is 13.2. The van der Waals surface area contributed by atoms with Crippen LogP contribution in [-0.2, 0) is 10.0 Å². The topological polar surface area (TPSA) is 46.2 Å². The zero-order valence-corrected chi connectivity index (χ0v) is 14.6. The molecular weight excluding hydrogens is 402 g/mol. The van der Waals surface area contributed by atoms with E-state index >= 15 is 0 Å². The monoisotopic (exact) mass is 415 g/mol. The summed E-state index contributed by atoms with van der Waals surface area (Å²) in [5.41, 5.74) is -0.312. The van der Waals surface area contributed by atoms with Crippen LogP contribution in [-0.4, -0.2) is 19.3 Å². The highest BCUT2D eigenvalue weighted by Crippen LogP contribution is 2.33. The molecule has 0 spiro atoms. The van der Waals surface area contributed by atoms with Gasteiger partial charge in [-0.3, -0.25) is 0 Å². The van der Waals surface area contributed by atoms with E-state index in [9.17, 15) is 8.42 Å². The fourth-order valence-corrected chi connectivity index (χ4v) is 6.62. The van der Waals surface area contributed by atoms with Crippen molar-refractivity contribution >= 4 is 53.2 Å². The Hall–Kier alpha value is 0.570. The van der Waals surface area contributed by atoms with Gasteiger partial charge in [0.2, 0.25) is 0 Å². The molecule has 0 amide bonds. The molecule has 1 heterocycles. The first-order valence-corrected chi connectivity index (χ1v) is 10.0. The van der Waals surface area contributed by atoms with E-state index in [-0.39, 0.29) is 5.54 Å². The van der Waals surface area contributed by atoms with Gasteiger partial charge in [-0.2, -0.15) is 0 Å². The number of halogens is 2. The van der Waals surface area contributed by atoms with E-state index in [1.54, 1.807) is 12.1 Å². The molecule has 1 N–H and O–H groups in total. The summed E-state index contributed by atoms with van der Waals surface area (Å²) in [4.78, 5) is 0. The maximum Gasteiger partial charge on any atom is 0.250 e. The van der Waals surface area contributed by atoms with E-state index in [0.29, 0.717) is 9.54 Å². The van der Waals surface area contributed by atoms with Crippen molar-refractivity contribution in [3.05, 3.63) is 15.9 Å². The molecular formula is C11H15Br2NO2S2. The summed E-state index contributed by atoms with van der Waals surface area (Å²) in [6.07, 6.45) is 5.18. The van der Waals surface area contributed by atoms with Crippen molar-refractivity contribution in [1.82, 2.24) is 4.72 Å². The molecule has 0 bridgehead atoms. The third kappa shape index (κ3) is 3.36. The maximum atomic E-state index is 12.3. The van der Waals surface area contributed by atoms with Gasteiger partial charge in [0.1, 0.15) is 4.21 Å². The lowest BCUT2D eigenvalue weighted by atomic mass is 9.84. The predicted molar refractivity (Wildman–Crippen MR) is 82.0 cm³/mol. The molecule has 1 saturated carbocycles. The molecule has 0 atom stereocenters. The van der Waals surface area contributed by atoms with Crippen molar-refractivity contribution in [3.63, 3.8) is 0 Å². The first kappa shape index (κ1) is 15.0. The Labute approximate surface area is 129 Å². The molecule has 102 valence electrons. The van der Waals surface area contributed by atoms with Gasteiger partial charge < -0.3 is 0 Å². The Bertz CT molecular complexity index is 507. The molecule has 7 heteroatoms. The summed E-state index contributed by atoms with van der Waals surface area (Å²) in [6.45, 7) is 0. The second kappa shape index (κ2) is 5.91. The lowest BCUT2D eigenvalue weighted by molar-refractivity contribution is 0.301. The van der Waals surface area contributed by atoms with Crippen LogP contribution in [0.2, 0.25) is 0 Å². The normalized spacial score (nSPS) is 19.9. The third-order valence-electron chi connectivity index (χ3n) is 3.23. The predicted octanol–water partition coefficient (Wildman–Crippen LogP) is 3.89. The summed E-state index contributed by atoms with van der Waals surface area (Å²) in [5.74, 6) is 0. The molecule has 2 rings (SSSR count). The van der Waals surface area contributed by atoms with Crippen LogP contribution in [0.25, 0.3) is 0 Å². The number of hydrogen-bond acceptors (Lipinski definition) is 3. The molecule has 0 aromatic carbocycles. The highest BCUT2D eigenvalue weighted by molar-refractivity contribution is 9.11. The van der Waals surface area contributed by atoms with Gasteiger partial charge in [-0.05, 0) is 40.9 Å². The van der Waals surface area contributed by atoms with Gasteiger partial charge in [0.05, 0.1) is 3.79 Å². The number of nitrogens with one attached hydrogen (secondary N) is 1. The standard InChI is InChI=1S/C11H15Br2NO2S2/c12-8-11(6-2-1-3-7-11)14-18(15,16)10-5-4-9(13)17-10/h4-5,14H,1-3,6-8H2. The fourth-order valence-electron chi connectivity index (χ4n) is 2.27. The van der Waals surface area contributed by atoms with Crippen molar-refractivity contribution in [2.45, 2.75) is 41.9 Å². The molecule has 1 fully saturated rings. The lowest BCUT2D eigenvalue weighted by Crippen LogP contribution is -2.50. The molecule has 1 aromatic rings. The zero-order valence-electron chi connectivity index (χ0n) is 9.79. The highest BCUT2D eigenvalue weighted by atomic mass is 79.9. The van der Waals surface area contributed by atoms with Crippen molar-refractivity contribution < 1.29 is 8.42 Å². The number of rotatable bonds is 4. The van der Waals surface area contributed by atoms with Crippen LogP contribution < -0.4 is 4.72 Å². The van der Waals surface area contributed by atoms with Crippen molar-refractivity contribution in [1.29, 1.82) is 0 Å². The third-order valence-corrected chi connectivity index (χ3v) is 8.00. The van der Waals surface area contributed by atoms with Gasteiger partial charge in [0, 0.05) is 10.9 Å². The van der Waals surface area contributed by atoms with E-state index in [4.69, 9.17) is 0 Å². The average Bonchev–Trinajstić information content (AvgIpc) is 2.77. The van der Waals surface area contributed by atoms with Gasteiger partial charge in [-0.1, -0.05) is 35.2 Å². The summed E-state index contributed by atoms with van der Waals surface area (Å²) in [6, 6.07) is 3.41. The Kier molecular flexibility index (Phi) is 4.91. The molecule has 0 radical (unpaired) electrons. The van der Waals surface area contributed by atoms with Crippen molar-refractivity contribution in [2.75, 3.05) is 5.33 Å². The fraction of sp³-hybridized carbons (Fsp3) is 0.636. The number of thiophene rings is 1. The molecule has 1 aromatic heterocycles. The van der Waals surface area contributed by atoms with E-state index in [2.05, 4.69) is 36.6 Å². The van der Waals surface area contributed by atoms with E-state index in [1.165, 1.54) is 17.8 Å². The minimum Gasteiger partial charge on any atom is -0.206 e. The Balaban J connectivity index is 2.21. The van der Waals surface area contributed by atoms with E-state index < -0.39 is 10.0 Å². The number of sulfonamides is 1. The Morgan fingerprint density at radius 3 is 2.44 bits per heavy atom. The van der Waals surface area contributed by atoms with Crippen molar-refractivity contribution in [3.8, 4) is 0 Å². The molecule has 0 aliphatic heterocycles. The van der Waals surface area contributed by atoms with Gasteiger partial charge in [-0.15, -0.1) is 11.3 Å². The van der Waals surface area contributed by atoms with Gasteiger partial charge >= 0.3 is 0 Å². The van der Waals surface area contributed by atoms with Crippen LogP contribution in [0.15, 0.2) is 20.1 Å². The first-order chi connectivity index (χ1) is 8.47. The van der Waals surface area contributed by atoms with Crippen LogP contribution in [0.1, 0.15) is 32.1 Å². The number of alkyl halides is 1. The molecule has 0 saturated heterocycles. The van der Waals surface area contributed by atoms with Crippen LogP contribution in [0, 0.1) is 0 Å². The van der Waals surface area contributed by atoms with E-state index in [0.717, 1.165) is 29.5 Å². The molecule has 0 unspecified atom stereocenters. The van der Waals surface area contributed by atoms with E-state index in [1.807, 2.05) is 0 Å². The van der Waals surface area contributed by atoms with Crippen LogP contribution in [0.5, 0.6) is 0 Å². The summed E-state index contributed by atoms with van der Waals surface area (Å²) >= 11 is 8.01. The van der Waals surface area contributed by atoms with Gasteiger partial charge in [-0.25, -0.2) is 13.1 Å². The van der Waals surface area contributed by atoms with Crippen LogP contribution in [0.4, 0.5) is 0 Å². The smallest absolute Gasteiger partial charge is 0.206 e. The van der Waals surface area contributed by atoms with Crippen molar-refractivity contribution in [2.24, 2.45) is 0 Å². The second-order valence-corrected chi connectivity index (χ2v) is 9.57. The summed E-state index contributed by atoms with van der Waals surface area (Å²) in [7, 11) is -3.40. The van der Waals surface area contributed by atoms with Crippen LogP contribution >= 0.6 is 43.2 Å². The lowest BCUT2D eigenvalue weighted by Gasteiger charge is -2.36. The quantitative estimate of drug-likeness (QED) is 0.756. The van der Waals surface area contributed by atoms with Crippen LogP contribution in [0.3, 0.4) is 0 Å². The Morgan fingerprint density at radius 2 is 1.94 bits per heavy atom. The highest BCUT2D eigenvalue weighted by Gasteiger charge is 2.35. The van der Waals surface area contributed by atoms with Gasteiger partial charge in [0.15, 0.2) is 0 Å². The molecule has 1 aliphatic carbocycles. The molecule has 18 heavy (non-hydrogen) atoms. The largest absolute Gasteiger partial charge is 0.250 e. The average molecular weight is 417 g/mol. The maximum absolute atomic E-state index is 12.3. The Morgan fingerprint density at radius 1 is 1.28 bits per heavy atom.